The summed E-state index contributed by atoms with van der Waals surface area (Å²) < 4.78 is 14.1. The van der Waals surface area contributed by atoms with Gasteiger partial charge in [0, 0.05) is 31.7 Å². The van der Waals surface area contributed by atoms with Crippen molar-refractivity contribution in [2.45, 2.75) is 52.1 Å². The van der Waals surface area contributed by atoms with Gasteiger partial charge in [-0.3, -0.25) is 19.2 Å². The first kappa shape index (κ1) is 93.8. The van der Waals surface area contributed by atoms with Crippen molar-refractivity contribution >= 4 is 123 Å². The van der Waals surface area contributed by atoms with Gasteiger partial charge in [-0.25, -0.2) is 44.3 Å². The first-order valence-electron chi connectivity index (χ1n) is 41.8. The van der Waals surface area contributed by atoms with E-state index in [1.165, 1.54) is 12.1 Å². The summed E-state index contributed by atoms with van der Waals surface area (Å²) in [5, 5.41) is 58.6. The topological polar surface area (TPSA) is 321 Å². The number of hydrogen-bond acceptors (Lipinski definition) is 17. The van der Waals surface area contributed by atoms with Crippen LogP contribution in [0.25, 0.3) is 93.6 Å². The van der Waals surface area contributed by atoms with Crippen LogP contribution < -0.4 is 21.3 Å². The molecule has 0 aliphatic rings. The third-order valence-electron chi connectivity index (χ3n) is 20.0. The maximum Gasteiger partial charge on any atom is 0.230 e. The van der Waals surface area contributed by atoms with Gasteiger partial charge in [0.1, 0.15) is 34.3 Å². The summed E-state index contributed by atoms with van der Waals surface area (Å²) in [6.07, 6.45) is 22.2. The lowest BCUT2D eigenvalue weighted by molar-refractivity contribution is -0.116. The molecule has 0 aliphatic heterocycles. The molecule has 9 N–H and O–H groups in total. The van der Waals surface area contributed by atoms with Crippen LogP contribution in [0.15, 0.2) is 345 Å². The van der Waals surface area contributed by atoms with Crippen LogP contribution in [0, 0.1) is 5.82 Å². The van der Waals surface area contributed by atoms with Crippen LogP contribution in [0.4, 0.5) is 27.7 Å². The SMILES string of the molecule is O=C(Cc1ccc(Br)cc1)Nc1ncc(-c2ccc(CO)cc2)nc1/C=C/c1ccccc1.O=C(Cc1ccc(Cl)cc1)Nc1ncc(-c2ccc(CO)cc2)nc1/C=C/c1ccccc1.O=C(Cc1ccc(F)cc1)Nc1ncc(-c2ccc(CO)cc2)nc1/C=C/c1ccccc1.O=C(Cc1ccc(O)cc1)Nc1ncc(-c2ccc(CO)cc2)nc1/C=C/c1ccccc1. The Morgan fingerprint density at radius 2 is 0.508 bits per heavy atom. The monoisotopic (exact) mass is 1830 g/mol. The van der Waals surface area contributed by atoms with Gasteiger partial charge < -0.3 is 46.8 Å². The number of carbonyl (C=O) groups is 4. The maximum atomic E-state index is 13.1. The number of carbonyl (C=O) groups excluding carboxylic acids is 4. The minimum atomic E-state index is -0.346. The molecule has 4 amide bonds. The third kappa shape index (κ3) is 29.1. The zero-order valence-corrected chi connectivity index (χ0v) is 73.5. The molecule has 656 valence electrons. The standard InChI is InChI=1S/C27H22BrN3O2.C27H22ClN3O2.C27H22FN3O2.C27H23N3O3/c3*28-23-13-8-20(9-14-23)16-26(33)31-27-24(15-10-19-4-2-1-3-5-19)30-25(17-29-27)22-11-6-21(18-32)7-12-22;31-18-21-6-11-22(12-7-21)25-17-28-27(24(29-25)15-10-19-4-2-1-3-5-19)30-26(33)16-20-8-13-23(32)14-9-20/h3*1-15,17,32H,16,18H2,(H,29,31,33);1-15,17,31-32H,16,18H2,(H,28,30,33)/b4*15-10+. The van der Waals surface area contributed by atoms with E-state index in [1.807, 2.05) is 297 Å². The second-order valence-corrected chi connectivity index (χ2v) is 31.2. The highest BCUT2D eigenvalue weighted by atomic mass is 79.9. The molecule has 0 bridgehead atoms. The van der Waals surface area contributed by atoms with E-state index in [2.05, 4.69) is 57.1 Å². The first-order chi connectivity index (χ1) is 64.4. The number of benzene rings is 12. The number of aromatic nitrogens is 8. The summed E-state index contributed by atoms with van der Waals surface area (Å²) in [7, 11) is 0. The molecule has 132 heavy (non-hydrogen) atoms. The highest BCUT2D eigenvalue weighted by molar-refractivity contribution is 9.10. The van der Waals surface area contributed by atoms with Crippen molar-refractivity contribution in [1.82, 2.24) is 39.9 Å². The van der Waals surface area contributed by atoms with Crippen LogP contribution in [0.5, 0.6) is 5.75 Å². The third-order valence-corrected chi connectivity index (χ3v) is 20.8. The summed E-state index contributed by atoms with van der Waals surface area (Å²) in [6.45, 7) is -0.0883. The molecular weight excluding hydrogens is 1740 g/mol. The first-order valence-corrected chi connectivity index (χ1v) is 43.0. The van der Waals surface area contributed by atoms with Crippen molar-refractivity contribution < 1.29 is 49.1 Å². The number of phenolic OH excluding ortho intramolecular Hbond substituents is 1. The number of aromatic hydroxyl groups is 1. The molecule has 16 aromatic rings. The molecule has 0 radical (unpaired) electrons. The van der Waals surface area contributed by atoms with E-state index in [-0.39, 0.29) is 87.3 Å². The van der Waals surface area contributed by atoms with E-state index in [0.717, 1.165) is 87.9 Å². The molecule has 12 aromatic carbocycles. The quantitative estimate of drug-likeness (QED) is 0.0220. The number of halogens is 3. The predicted octanol–water partition coefficient (Wildman–Crippen LogP) is 21.2. The van der Waals surface area contributed by atoms with Gasteiger partial charge in [-0.1, -0.05) is 319 Å². The minimum absolute atomic E-state index is 0.0135. The molecule has 0 spiro atoms. The lowest BCUT2D eigenvalue weighted by Gasteiger charge is -2.10. The Morgan fingerprint density at radius 3 is 0.750 bits per heavy atom. The highest BCUT2D eigenvalue weighted by Crippen LogP contribution is 2.29. The fraction of sp³-hybridized carbons (Fsp3) is 0.0741. The summed E-state index contributed by atoms with van der Waals surface area (Å²) in [5.41, 5.74) is 18.8. The molecule has 16 rings (SSSR count). The minimum Gasteiger partial charge on any atom is -0.508 e. The van der Waals surface area contributed by atoms with E-state index >= 15 is 0 Å². The molecule has 21 nitrogen and oxygen atoms in total. The van der Waals surface area contributed by atoms with Crippen molar-refractivity contribution in [2.24, 2.45) is 0 Å². The molecule has 0 unspecified atom stereocenters. The number of nitrogens with zero attached hydrogens (tertiary/aromatic N) is 8. The maximum absolute atomic E-state index is 13.1. The Hall–Kier alpha value is -15.9. The molecule has 0 saturated carbocycles. The van der Waals surface area contributed by atoms with Gasteiger partial charge in [-0.2, -0.15) is 0 Å². The fourth-order valence-electron chi connectivity index (χ4n) is 13.0. The zero-order chi connectivity index (χ0) is 92.2. The summed E-state index contributed by atoms with van der Waals surface area (Å²) in [5.74, 6) is 0.433. The largest absolute Gasteiger partial charge is 0.508 e. The van der Waals surface area contributed by atoms with Crippen LogP contribution in [-0.2, 0) is 71.3 Å². The fourth-order valence-corrected chi connectivity index (χ4v) is 13.4. The number of phenols is 1. The van der Waals surface area contributed by atoms with E-state index in [1.54, 1.807) is 79.4 Å². The lowest BCUT2D eigenvalue weighted by Crippen LogP contribution is -2.16. The van der Waals surface area contributed by atoms with Crippen LogP contribution >= 0.6 is 27.5 Å². The van der Waals surface area contributed by atoms with Crippen LogP contribution in [0.1, 0.15) is 89.5 Å². The average Bonchev–Trinajstić information content (AvgIpc) is 0.833. The van der Waals surface area contributed by atoms with Gasteiger partial charge in [0.15, 0.2) is 23.3 Å². The molecule has 4 aromatic heterocycles. The Bertz CT molecular complexity index is 5830. The number of nitrogens with one attached hydrogen (secondary N) is 4. The number of rotatable bonds is 28. The van der Waals surface area contributed by atoms with Crippen molar-refractivity contribution in [2.75, 3.05) is 21.3 Å². The molecule has 0 saturated heterocycles. The number of aliphatic hydroxyl groups excluding tert-OH is 4. The number of anilines is 4. The smallest absolute Gasteiger partial charge is 0.230 e. The number of aliphatic hydroxyl groups is 4. The Balaban J connectivity index is 0.000000150. The highest BCUT2D eigenvalue weighted by Gasteiger charge is 2.18. The molecular formula is C108H89BrClFN12O9. The van der Waals surface area contributed by atoms with Gasteiger partial charge in [0.25, 0.3) is 0 Å². The lowest BCUT2D eigenvalue weighted by atomic mass is 10.1. The van der Waals surface area contributed by atoms with Gasteiger partial charge in [-0.15, -0.1) is 0 Å². The van der Waals surface area contributed by atoms with Crippen molar-refractivity contribution in [3.63, 3.8) is 0 Å². The normalized spacial score (nSPS) is 11.0. The van der Waals surface area contributed by atoms with Crippen LogP contribution in [-0.4, -0.2) is 89.0 Å². The summed E-state index contributed by atoms with van der Waals surface area (Å²) in [6, 6.07) is 96.2. The average molecular weight is 1830 g/mol. The molecule has 0 aliphatic carbocycles. The second-order valence-electron chi connectivity index (χ2n) is 29.8. The predicted molar refractivity (Wildman–Crippen MR) is 524 cm³/mol. The zero-order valence-electron chi connectivity index (χ0n) is 71.2. The van der Waals surface area contributed by atoms with E-state index in [4.69, 9.17) is 31.5 Å². The second kappa shape index (κ2) is 48.3. The van der Waals surface area contributed by atoms with Gasteiger partial charge in [-0.05, 0) is 140 Å². The van der Waals surface area contributed by atoms with Gasteiger partial charge in [0.2, 0.25) is 23.6 Å². The summed E-state index contributed by atoms with van der Waals surface area (Å²) in [4.78, 5) is 87.4. The van der Waals surface area contributed by atoms with Crippen LogP contribution in [0.2, 0.25) is 5.02 Å². The van der Waals surface area contributed by atoms with Crippen molar-refractivity contribution in [1.29, 1.82) is 0 Å². The van der Waals surface area contributed by atoms with E-state index in [0.29, 0.717) is 79.4 Å². The van der Waals surface area contributed by atoms with E-state index in [9.17, 15) is 49.1 Å². The Labute approximate surface area is 776 Å². The van der Waals surface area contributed by atoms with Crippen LogP contribution in [0.3, 0.4) is 0 Å². The van der Waals surface area contributed by atoms with Crippen molar-refractivity contribution in [3.05, 3.63) is 445 Å². The Morgan fingerprint density at radius 1 is 0.288 bits per heavy atom. The molecule has 4 heterocycles. The number of amides is 4. The molecule has 0 fully saturated rings. The molecule has 24 heteroatoms. The number of hydrogen-bond donors (Lipinski definition) is 9. The van der Waals surface area contributed by atoms with Crippen molar-refractivity contribution in [3.8, 4) is 50.8 Å². The van der Waals surface area contributed by atoms with Gasteiger partial charge >= 0.3 is 0 Å². The van der Waals surface area contributed by atoms with Gasteiger partial charge in [0.05, 0.1) is 99.7 Å². The Kier molecular flexibility index (Phi) is 34.3. The van der Waals surface area contributed by atoms with E-state index < -0.39 is 0 Å². The summed E-state index contributed by atoms with van der Waals surface area (Å²) >= 11 is 9.33. The molecule has 0 atom stereocenters.